The highest BCUT2D eigenvalue weighted by Crippen LogP contribution is 2.33. The zero-order valence-corrected chi connectivity index (χ0v) is 16.3. The Labute approximate surface area is 158 Å². The number of aromatic nitrogens is 3. The van der Waals surface area contributed by atoms with Crippen molar-refractivity contribution in [2.45, 2.75) is 63.6 Å². The zero-order chi connectivity index (χ0) is 18.5. The fourth-order valence-electron chi connectivity index (χ4n) is 3.51. The Morgan fingerprint density at radius 3 is 2.77 bits per heavy atom. The number of hydrogen-bond donors (Lipinski definition) is 2. The van der Waals surface area contributed by atoms with Gasteiger partial charge in [-0.1, -0.05) is 31.0 Å². The average Bonchev–Trinajstić information content (AvgIpc) is 3.06. The Bertz CT molecular complexity index is 767. The summed E-state index contributed by atoms with van der Waals surface area (Å²) in [4.78, 5) is 12.3. The van der Waals surface area contributed by atoms with Crippen LogP contribution in [0.15, 0.2) is 23.4 Å². The maximum Gasteiger partial charge on any atom is 0.234 e. The molecule has 0 radical (unpaired) electrons. The summed E-state index contributed by atoms with van der Waals surface area (Å²) in [5.41, 5.74) is 8.20. The molecule has 0 bridgehead atoms. The molecule has 0 aliphatic heterocycles. The highest BCUT2D eigenvalue weighted by Gasteiger charge is 2.23. The van der Waals surface area contributed by atoms with Gasteiger partial charge in [-0.05, 0) is 50.5 Å². The van der Waals surface area contributed by atoms with Crippen molar-refractivity contribution in [3.05, 3.63) is 29.6 Å². The fraction of sp³-hybridized carbons (Fsp3) is 0.526. The fourth-order valence-corrected chi connectivity index (χ4v) is 4.32. The second kappa shape index (κ2) is 8.58. The molecule has 0 spiro atoms. The van der Waals surface area contributed by atoms with Gasteiger partial charge in [0.2, 0.25) is 5.91 Å². The lowest BCUT2D eigenvalue weighted by molar-refractivity contribution is -0.113. The molecule has 6 nitrogen and oxygen atoms in total. The van der Waals surface area contributed by atoms with Gasteiger partial charge in [-0.3, -0.25) is 4.79 Å². The van der Waals surface area contributed by atoms with Crippen molar-refractivity contribution in [3.63, 3.8) is 0 Å². The SMILES string of the molecule is CCn1c(SCC(=O)Nc2ccc(N)cc2C)nnc1C1CCCCC1. The number of nitrogens with zero attached hydrogens (tertiary/aromatic N) is 3. The van der Waals surface area contributed by atoms with Gasteiger partial charge in [-0.2, -0.15) is 0 Å². The van der Waals surface area contributed by atoms with Crippen LogP contribution in [0.1, 0.15) is 56.3 Å². The van der Waals surface area contributed by atoms with Gasteiger partial charge in [-0.15, -0.1) is 10.2 Å². The van der Waals surface area contributed by atoms with Crippen LogP contribution in [0, 0.1) is 6.92 Å². The second-order valence-electron chi connectivity index (χ2n) is 6.83. The number of thioether (sulfide) groups is 1. The quantitative estimate of drug-likeness (QED) is 0.591. The Hall–Kier alpha value is -2.02. The highest BCUT2D eigenvalue weighted by molar-refractivity contribution is 7.99. The van der Waals surface area contributed by atoms with E-state index in [9.17, 15) is 4.79 Å². The van der Waals surface area contributed by atoms with E-state index in [2.05, 4.69) is 27.0 Å². The van der Waals surface area contributed by atoms with Gasteiger partial charge in [0.25, 0.3) is 0 Å². The molecule has 1 aromatic heterocycles. The lowest BCUT2D eigenvalue weighted by atomic mass is 9.89. The molecule has 1 amide bonds. The summed E-state index contributed by atoms with van der Waals surface area (Å²) in [6.45, 7) is 4.88. The van der Waals surface area contributed by atoms with Gasteiger partial charge in [-0.25, -0.2) is 0 Å². The van der Waals surface area contributed by atoms with Crippen molar-refractivity contribution in [1.82, 2.24) is 14.8 Å². The first-order valence-corrected chi connectivity index (χ1v) is 10.3. The Morgan fingerprint density at radius 2 is 2.08 bits per heavy atom. The number of nitrogen functional groups attached to an aromatic ring is 1. The molecule has 1 aromatic carbocycles. The van der Waals surface area contributed by atoms with Gasteiger partial charge in [0, 0.05) is 23.8 Å². The predicted molar refractivity (Wildman–Crippen MR) is 106 cm³/mol. The van der Waals surface area contributed by atoms with E-state index in [-0.39, 0.29) is 5.91 Å². The van der Waals surface area contributed by atoms with Crippen LogP contribution in [-0.4, -0.2) is 26.4 Å². The molecule has 140 valence electrons. The Kier molecular flexibility index (Phi) is 6.19. The highest BCUT2D eigenvalue weighted by atomic mass is 32.2. The minimum atomic E-state index is -0.0484. The average molecular weight is 374 g/mol. The first kappa shape index (κ1) is 18.8. The lowest BCUT2D eigenvalue weighted by Crippen LogP contribution is -2.16. The van der Waals surface area contributed by atoms with E-state index in [0.29, 0.717) is 17.4 Å². The first-order chi connectivity index (χ1) is 12.6. The third kappa shape index (κ3) is 4.38. The molecular weight excluding hydrogens is 346 g/mol. The molecule has 0 atom stereocenters. The third-order valence-electron chi connectivity index (χ3n) is 4.89. The molecule has 7 heteroatoms. The monoisotopic (exact) mass is 373 g/mol. The summed E-state index contributed by atoms with van der Waals surface area (Å²) >= 11 is 1.45. The van der Waals surface area contributed by atoms with E-state index in [1.807, 2.05) is 19.1 Å². The minimum Gasteiger partial charge on any atom is -0.399 e. The molecule has 1 aliphatic rings. The summed E-state index contributed by atoms with van der Waals surface area (Å²) in [6, 6.07) is 5.48. The number of amides is 1. The zero-order valence-electron chi connectivity index (χ0n) is 15.5. The van der Waals surface area contributed by atoms with Crippen molar-refractivity contribution >= 4 is 29.0 Å². The van der Waals surface area contributed by atoms with Crippen LogP contribution in [-0.2, 0) is 11.3 Å². The maximum atomic E-state index is 12.3. The standard InChI is InChI=1S/C19H27N5OS/c1-3-24-18(14-7-5-4-6-8-14)22-23-19(24)26-12-17(25)21-16-10-9-15(20)11-13(16)2/h9-11,14H,3-8,12,20H2,1-2H3,(H,21,25). The molecule has 2 aromatic rings. The van der Waals surface area contributed by atoms with Crippen molar-refractivity contribution in [3.8, 4) is 0 Å². The number of anilines is 2. The van der Waals surface area contributed by atoms with Crippen LogP contribution >= 0.6 is 11.8 Å². The van der Waals surface area contributed by atoms with E-state index in [0.717, 1.165) is 28.8 Å². The number of aryl methyl sites for hydroxylation is 1. The number of nitrogens with two attached hydrogens (primary N) is 1. The third-order valence-corrected chi connectivity index (χ3v) is 5.86. The summed E-state index contributed by atoms with van der Waals surface area (Å²) in [5, 5.41) is 12.6. The topological polar surface area (TPSA) is 85.8 Å². The summed E-state index contributed by atoms with van der Waals surface area (Å²) in [6.07, 6.45) is 6.25. The molecule has 0 saturated heterocycles. The van der Waals surface area contributed by atoms with Crippen LogP contribution in [0.3, 0.4) is 0 Å². The van der Waals surface area contributed by atoms with Crippen LogP contribution in [0.4, 0.5) is 11.4 Å². The van der Waals surface area contributed by atoms with Crippen molar-refractivity contribution in [1.29, 1.82) is 0 Å². The molecule has 26 heavy (non-hydrogen) atoms. The number of hydrogen-bond acceptors (Lipinski definition) is 5. The molecule has 1 fully saturated rings. The molecular formula is C19H27N5OS. The molecule has 0 unspecified atom stereocenters. The number of rotatable bonds is 6. The summed E-state index contributed by atoms with van der Waals surface area (Å²) in [7, 11) is 0. The van der Waals surface area contributed by atoms with Crippen LogP contribution in [0.25, 0.3) is 0 Å². The van der Waals surface area contributed by atoms with Gasteiger partial charge < -0.3 is 15.6 Å². The van der Waals surface area contributed by atoms with Crippen molar-refractivity contribution in [2.24, 2.45) is 0 Å². The second-order valence-corrected chi connectivity index (χ2v) is 7.77. The van der Waals surface area contributed by atoms with Gasteiger partial charge in [0.15, 0.2) is 5.16 Å². The Balaban J connectivity index is 1.62. The van der Waals surface area contributed by atoms with Crippen molar-refractivity contribution < 1.29 is 4.79 Å². The van der Waals surface area contributed by atoms with Gasteiger partial charge in [0.05, 0.1) is 5.75 Å². The van der Waals surface area contributed by atoms with E-state index < -0.39 is 0 Å². The van der Waals surface area contributed by atoms with Gasteiger partial charge in [0.1, 0.15) is 5.82 Å². The van der Waals surface area contributed by atoms with Crippen molar-refractivity contribution in [2.75, 3.05) is 16.8 Å². The van der Waals surface area contributed by atoms with Crippen LogP contribution in [0.2, 0.25) is 0 Å². The lowest BCUT2D eigenvalue weighted by Gasteiger charge is -2.21. The number of nitrogens with one attached hydrogen (secondary N) is 1. The van der Waals surface area contributed by atoms with Crippen LogP contribution in [0.5, 0.6) is 0 Å². The summed E-state index contributed by atoms with van der Waals surface area (Å²) < 4.78 is 2.17. The van der Waals surface area contributed by atoms with E-state index in [1.54, 1.807) is 6.07 Å². The summed E-state index contributed by atoms with van der Waals surface area (Å²) in [5.74, 6) is 1.86. The first-order valence-electron chi connectivity index (χ1n) is 9.30. The van der Waals surface area contributed by atoms with E-state index in [1.165, 1.54) is 43.9 Å². The molecule has 1 saturated carbocycles. The number of carbonyl (C=O) groups excluding carboxylic acids is 1. The van der Waals surface area contributed by atoms with Gasteiger partial charge >= 0.3 is 0 Å². The minimum absolute atomic E-state index is 0.0484. The Morgan fingerprint density at radius 1 is 1.31 bits per heavy atom. The smallest absolute Gasteiger partial charge is 0.234 e. The number of benzene rings is 1. The molecule has 3 N–H and O–H groups in total. The maximum absolute atomic E-state index is 12.3. The number of carbonyl (C=O) groups is 1. The van der Waals surface area contributed by atoms with E-state index in [4.69, 9.17) is 5.73 Å². The van der Waals surface area contributed by atoms with Crippen LogP contribution < -0.4 is 11.1 Å². The molecule has 1 heterocycles. The largest absolute Gasteiger partial charge is 0.399 e. The van der Waals surface area contributed by atoms with E-state index >= 15 is 0 Å². The predicted octanol–water partition coefficient (Wildman–Crippen LogP) is 3.97. The normalized spacial score (nSPS) is 15.2. The molecule has 3 rings (SSSR count). The molecule has 1 aliphatic carbocycles.